The number of carbonyl (C=O) groups is 3. The molecule has 35 heteroatoms. The highest BCUT2D eigenvalue weighted by Gasteiger charge is 2.54. The van der Waals surface area contributed by atoms with Crippen molar-refractivity contribution in [3.63, 3.8) is 0 Å². The number of aliphatic hydroxyl groups is 16. The summed E-state index contributed by atoms with van der Waals surface area (Å²) in [5.41, 5.74) is -1.82. The van der Waals surface area contributed by atoms with Gasteiger partial charge in [0.25, 0.3) is 0 Å². The summed E-state index contributed by atoms with van der Waals surface area (Å²) in [4.78, 5) is 53.6. The fraction of sp³-hybridized carbons (Fsp3) is 0.439. The summed E-state index contributed by atoms with van der Waals surface area (Å²) in [6.07, 6.45) is -40.0. The molecule has 498 valence electrons. The summed E-state index contributed by atoms with van der Waals surface area (Å²) in [5.74, 6) is -10.7. The number of rotatable bonds is 18. The molecular formula is C57H61O35+. The number of aromatic hydroxyl groups is 4. The quantitative estimate of drug-likeness (QED) is 0.0192. The molecule has 6 heterocycles. The molecule has 0 spiro atoms. The van der Waals surface area contributed by atoms with Crippen molar-refractivity contribution < 1.29 is 168 Å². The minimum atomic E-state index is -2.41. The van der Waals surface area contributed by atoms with Gasteiger partial charge >= 0.3 is 23.7 Å². The highest BCUT2D eigenvalue weighted by Crippen LogP contribution is 2.42. The van der Waals surface area contributed by atoms with Crippen LogP contribution in [0, 0.1) is 0 Å². The van der Waals surface area contributed by atoms with Crippen molar-refractivity contribution in [2.75, 3.05) is 19.8 Å². The predicted molar refractivity (Wildman–Crippen MR) is 293 cm³/mol. The van der Waals surface area contributed by atoms with E-state index in [2.05, 4.69) is 4.74 Å². The Morgan fingerprint density at radius 1 is 0.565 bits per heavy atom. The Kier molecular flexibility index (Phi) is 19.5. The Bertz CT molecular complexity index is 3600. The van der Waals surface area contributed by atoms with Crippen LogP contribution < -0.4 is 14.9 Å². The second kappa shape index (κ2) is 27.0. The van der Waals surface area contributed by atoms with E-state index < -0.39 is 230 Å². The van der Waals surface area contributed by atoms with Crippen molar-refractivity contribution >= 4 is 34.6 Å². The average molecular weight is 1310 g/mol. The predicted octanol–water partition coefficient (Wildman–Crippen LogP) is -5.03. The van der Waals surface area contributed by atoms with Gasteiger partial charge in [0, 0.05) is 35.9 Å². The van der Waals surface area contributed by atoms with Crippen molar-refractivity contribution in [3.05, 3.63) is 111 Å². The Morgan fingerprint density at radius 2 is 1.17 bits per heavy atom. The molecule has 5 aliphatic heterocycles. The van der Waals surface area contributed by atoms with Crippen LogP contribution in [0.1, 0.15) is 12.0 Å². The third-order valence-electron chi connectivity index (χ3n) is 15.4. The molecule has 1 aliphatic carbocycles. The lowest BCUT2D eigenvalue weighted by Crippen LogP contribution is -2.65. The second-order valence-electron chi connectivity index (χ2n) is 21.6. The number of hydrogen-bond acceptors (Lipinski definition) is 33. The van der Waals surface area contributed by atoms with E-state index in [0.717, 1.165) is 36.4 Å². The SMILES string of the molecule is O=C(CC(=O)O[C@H]1[C@H](Oc2cc(O)c3c(=O)c(O[C@@H]4O[C@@H](CO)[C@@H](O)[C@H](O)[C@H]4O[C@@H]4O[C@@H](CO)[C@@H](O)[C@H](O)[C@H]4O)c(-c4ccc(O)cc4)oc3c2)O[C@@H](C(=O)O)[C@@H](O)[C@@H]1O)OC[C@@H]1O[C@@H](OC2=C(c3ccc(O)c(O)c3)[OH+]C3C=C(O)C=C(O)C3=C2)[C@H](O)[C@@H](O)[C@@H]1O. The summed E-state index contributed by atoms with van der Waals surface area (Å²) < 4.78 is 66.7. The summed E-state index contributed by atoms with van der Waals surface area (Å²) in [7, 11) is 0. The number of ether oxygens (including phenoxy) is 11. The third kappa shape index (κ3) is 13.3. The number of carboxylic acid groups (broad SMARTS) is 1. The van der Waals surface area contributed by atoms with Gasteiger partial charge in [0.2, 0.25) is 41.9 Å². The van der Waals surface area contributed by atoms with Gasteiger partial charge < -0.3 is 154 Å². The van der Waals surface area contributed by atoms with Gasteiger partial charge in [-0.25, -0.2) is 4.79 Å². The van der Waals surface area contributed by atoms with E-state index in [-0.39, 0.29) is 39.7 Å². The number of hydrogen-bond donors (Lipinski definition) is 19. The number of aliphatic hydroxyl groups excluding tert-OH is 14. The fourth-order valence-electron chi connectivity index (χ4n) is 10.5. The van der Waals surface area contributed by atoms with E-state index in [1.165, 1.54) is 30.4 Å². The molecule has 0 saturated carbocycles. The van der Waals surface area contributed by atoms with Crippen LogP contribution >= 0.6 is 0 Å². The summed E-state index contributed by atoms with van der Waals surface area (Å²) >= 11 is 0. The third-order valence-corrected chi connectivity index (χ3v) is 15.4. The number of allylic oxidation sites excluding steroid dienone is 2. The molecule has 3 aromatic carbocycles. The molecule has 1 unspecified atom stereocenters. The highest BCUT2D eigenvalue weighted by molar-refractivity contribution is 5.91. The Labute approximate surface area is 513 Å². The van der Waals surface area contributed by atoms with Crippen LogP contribution in [0.3, 0.4) is 0 Å². The lowest BCUT2D eigenvalue weighted by molar-refractivity contribution is -0.358. The van der Waals surface area contributed by atoms with Gasteiger partial charge in [0.15, 0.2) is 41.9 Å². The zero-order valence-corrected chi connectivity index (χ0v) is 46.9. The van der Waals surface area contributed by atoms with Crippen LogP contribution in [-0.2, 0) is 52.3 Å². The maximum atomic E-state index is 14.7. The summed E-state index contributed by atoms with van der Waals surface area (Å²) in [6.45, 7) is -2.91. The molecular weight excluding hydrogens is 1240 g/mol. The van der Waals surface area contributed by atoms with Crippen molar-refractivity contribution in [1.82, 2.24) is 0 Å². The molecule has 92 heavy (non-hydrogen) atoms. The van der Waals surface area contributed by atoms with E-state index >= 15 is 0 Å². The molecule has 4 fully saturated rings. The molecule has 1 aromatic heterocycles. The maximum Gasteiger partial charge on any atom is 0.335 e. The first-order valence-electron chi connectivity index (χ1n) is 27.7. The van der Waals surface area contributed by atoms with Crippen LogP contribution in [0.4, 0.5) is 0 Å². The lowest BCUT2D eigenvalue weighted by Gasteiger charge is -2.45. The van der Waals surface area contributed by atoms with Gasteiger partial charge in [-0.05, 0) is 36.4 Å². The number of benzene rings is 3. The van der Waals surface area contributed by atoms with E-state index in [4.69, 9.17) is 51.8 Å². The molecule has 20 N–H and O–H groups in total. The number of phenols is 4. The van der Waals surface area contributed by atoms with Crippen molar-refractivity contribution in [2.24, 2.45) is 0 Å². The van der Waals surface area contributed by atoms with Gasteiger partial charge in [-0.3, -0.25) is 14.4 Å². The molecule has 10 rings (SSSR count). The van der Waals surface area contributed by atoms with Crippen LogP contribution in [0.2, 0.25) is 0 Å². The maximum absolute atomic E-state index is 14.7. The molecule has 35 nitrogen and oxygen atoms in total. The first-order valence-corrected chi connectivity index (χ1v) is 27.7. The molecule has 4 aromatic rings. The Hall–Kier alpha value is -8.44. The Balaban J connectivity index is 0.872. The van der Waals surface area contributed by atoms with Crippen molar-refractivity contribution in [2.45, 2.75) is 135 Å². The minimum absolute atomic E-state index is 0.0586. The molecule has 0 amide bonds. The topological polar surface area (TPSA) is 571 Å². The van der Waals surface area contributed by atoms with Gasteiger partial charge in [0.1, 0.15) is 132 Å². The van der Waals surface area contributed by atoms with Gasteiger partial charge in [-0.2, -0.15) is 0 Å². The first kappa shape index (κ1) is 66.5. The number of esters is 2. The van der Waals surface area contributed by atoms with Gasteiger partial charge in [-0.1, -0.05) is 0 Å². The normalized spacial score (nSPS) is 33.9. The first-order chi connectivity index (χ1) is 43.7. The zero-order chi connectivity index (χ0) is 66.5. The zero-order valence-electron chi connectivity index (χ0n) is 46.9. The largest absolute Gasteiger partial charge is 0.571 e. The summed E-state index contributed by atoms with van der Waals surface area (Å²) in [6, 6.07) is 9.73. The molecule has 21 atom stereocenters. The fourth-order valence-corrected chi connectivity index (χ4v) is 10.5. The van der Waals surface area contributed by atoms with Crippen LogP contribution in [0.25, 0.3) is 28.1 Å². The number of fused-ring (bicyclic) bond motifs is 2. The Morgan fingerprint density at radius 3 is 1.84 bits per heavy atom. The van der Waals surface area contributed by atoms with Crippen LogP contribution in [-0.4, -0.2) is 268 Å². The molecule has 0 bridgehead atoms. The highest BCUT2D eigenvalue weighted by atomic mass is 16.8. The molecule has 6 aliphatic rings. The average Bonchev–Trinajstić information content (AvgIpc) is 0.797. The number of carbonyl (C=O) groups excluding carboxylic acids is 2. The van der Waals surface area contributed by atoms with Crippen molar-refractivity contribution in [3.8, 4) is 45.8 Å². The smallest absolute Gasteiger partial charge is 0.335 e. The second-order valence-corrected chi connectivity index (χ2v) is 21.6. The van der Waals surface area contributed by atoms with E-state index in [1.807, 2.05) is 0 Å². The summed E-state index contributed by atoms with van der Waals surface area (Å²) in [5, 5.41) is 200. The van der Waals surface area contributed by atoms with E-state index in [0.29, 0.717) is 6.07 Å². The van der Waals surface area contributed by atoms with Crippen LogP contribution in [0.15, 0.2) is 105 Å². The van der Waals surface area contributed by atoms with Crippen molar-refractivity contribution in [1.29, 1.82) is 0 Å². The monoisotopic (exact) mass is 1310 g/mol. The van der Waals surface area contributed by atoms with Gasteiger partial charge in [0.05, 0.1) is 30.4 Å². The van der Waals surface area contributed by atoms with Gasteiger partial charge in [-0.15, -0.1) is 0 Å². The number of aliphatic carboxylic acids is 1. The molecule has 0 radical (unpaired) electrons. The standard InChI is InChI=1S/C57H60O35/c58-14-30-36(68)40(72)46(78)55(86-30)92-52-42(74)37(69)31(15-59)87-57(52)90-49-39(71)35-26(65)10-21(11-28(35)84-48(49)17-1-4-19(60)5-2-17)82-56-51(44(76)43(75)50(91-56)53(79)80)89-34(67)13-33(66)81-16-32-38(70)41(73)45(77)54(88-32)85-29-12-22-24(63)8-20(61)9-27(22)83-47(29)18-3-6-23(62)25(64)7-18/h1-12,27,30-32,36-38,40-46,50-52,54-65,68-70,72-78H,13-16H2,(H,79,80)/p+1/t27?,30-,31-,32-,36+,37+,38+,40-,41-,42-,43-,44-,45+,46+,50+,51+,52+,54+,55-,56+,57-/m0/s1. The molecule has 4 saturated heterocycles. The number of carboxylic acids is 1. The lowest BCUT2D eigenvalue weighted by atomic mass is 9.96. The number of phenolic OH excluding ortho intramolecular Hbond substituents is 4. The van der Waals surface area contributed by atoms with E-state index in [9.17, 15) is 116 Å². The minimum Gasteiger partial charge on any atom is -0.571 e. The van der Waals surface area contributed by atoms with Crippen LogP contribution in [0.5, 0.6) is 34.5 Å². The van der Waals surface area contributed by atoms with E-state index in [1.54, 1.807) is 0 Å².